The molecule has 3 aromatic rings. The molecule has 0 heterocycles. The minimum absolute atomic E-state index is 0. The molecular weight excluding hydrogens is 236 g/mol. The van der Waals surface area contributed by atoms with E-state index in [0.717, 1.165) is 0 Å². The van der Waals surface area contributed by atoms with Gasteiger partial charge in [-0.2, -0.15) is 0 Å². The van der Waals surface area contributed by atoms with Crippen LogP contribution in [0.5, 0.6) is 0 Å². The van der Waals surface area contributed by atoms with Gasteiger partial charge in [0.15, 0.2) is 0 Å². The molecule has 18 heavy (non-hydrogen) atoms. The van der Waals surface area contributed by atoms with Gasteiger partial charge in [-0.1, -0.05) is 48.5 Å². The number of fused-ring (bicyclic) bond motifs is 2. The molecule has 0 aliphatic carbocycles. The first kappa shape index (κ1) is 14.5. The zero-order valence-electron chi connectivity index (χ0n) is 11.9. The molecule has 1 N–H and O–H groups in total. The first-order valence-electron chi connectivity index (χ1n) is 5.30. The maximum absolute atomic E-state index is 8.36. The molecular formula is C15H14MgO2. The molecule has 3 aromatic carbocycles. The van der Waals surface area contributed by atoms with Gasteiger partial charge in [-0.15, -0.1) is 0 Å². The van der Waals surface area contributed by atoms with Gasteiger partial charge >= 0.3 is 23.1 Å². The molecule has 0 aliphatic heterocycles. The summed E-state index contributed by atoms with van der Waals surface area (Å²) in [4.78, 5) is 8.36. The predicted octanol–water partition coefficient (Wildman–Crippen LogP) is 3.54. The van der Waals surface area contributed by atoms with E-state index >= 15 is 0 Å². The van der Waals surface area contributed by atoms with Crippen LogP contribution in [0.1, 0.15) is 2.85 Å². The van der Waals surface area contributed by atoms with Gasteiger partial charge < -0.3 is 7.96 Å². The van der Waals surface area contributed by atoms with Gasteiger partial charge in [0.05, 0.1) is 0 Å². The Balaban J connectivity index is 0. The first-order chi connectivity index (χ1) is 8.35. The Kier molecular flexibility index (Phi) is 5.62. The fourth-order valence-electron chi connectivity index (χ4n) is 1.88. The van der Waals surface area contributed by atoms with Crippen LogP contribution in [0.3, 0.4) is 0 Å². The normalized spacial score (nSPS) is 9.11. The van der Waals surface area contributed by atoms with Crippen molar-refractivity contribution >= 4 is 51.1 Å². The fourth-order valence-corrected chi connectivity index (χ4v) is 1.88. The van der Waals surface area contributed by atoms with Crippen molar-refractivity contribution in [3.63, 3.8) is 0 Å². The average molecular weight is 251 g/mol. The van der Waals surface area contributed by atoms with Crippen molar-refractivity contribution in [3.05, 3.63) is 60.7 Å². The van der Waals surface area contributed by atoms with Crippen molar-refractivity contribution in [3.8, 4) is 0 Å². The second-order valence-electron chi connectivity index (χ2n) is 3.65. The summed E-state index contributed by atoms with van der Waals surface area (Å²) in [5.41, 5.74) is 0. The van der Waals surface area contributed by atoms with Gasteiger partial charge in [0.2, 0.25) is 0 Å². The first-order valence-corrected chi connectivity index (χ1v) is 5.30. The molecule has 88 valence electrons. The van der Waals surface area contributed by atoms with Crippen LogP contribution in [0, 0.1) is 0 Å². The van der Waals surface area contributed by atoms with Gasteiger partial charge in [0.1, 0.15) is 0 Å². The van der Waals surface area contributed by atoms with Gasteiger partial charge in [0.25, 0.3) is 6.47 Å². The van der Waals surface area contributed by atoms with E-state index in [1.165, 1.54) is 21.5 Å². The summed E-state index contributed by atoms with van der Waals surface area (Å²) in [7, 11) is 0. The molecule has 0 spiro atoms. The van der Waals surface area contributed by atoms with Crippen LogP contribution >= 0.6 is 0 Å². The van der Waals surface area contributed by atoms with E-state index in [1.54, 1.807) is 0 Å². The zero-order chi connectivity index (χ0) is 12.1. The third-order valence-electron chi connectivity index (χ3n) is 2.61. The van der Waals surface area contributed by atoms with E-state index in [4.69, 9.17) is 9.90 Å². The Bertz CT molecular complexity index is 554. The molecule has 0 amide bonds. The van der Waals surface area contributed by atoms with Crippen LogP contribution in [-0.2, 0) is 4.79 Å². The number of hydrogen-bond acceptors (Lipinski definition) is 1. The molecule has 0 saturated carbocycles. The Morgan fingerprint density at radius 2 is 1.00 bits per heavy atom. The number of carboxylic acid groups (broad SMARTS) is 1. The molecule has 0 aromatic heterocycles. The summed E-state index contributed by atoms with van der Waals surface area (Å²) >= 11 is 0. The molecule has 0 atom stereocenters. The van der Waals surface area contributed by atoms with Crippen LogP contribution < -0.4 is 0 Å². The number of carbonyl (C=O) groups is 1. The average Bonchev–Trinajstić information content (AvgIpc) is 2.37. The SMILES string of the molecule is O=CO.[H-].[H-].[Mg+2].c1ccc2cc3ccccc3cc2c1. The zero-order valence-corrected chi connectivity index (χ0v) is 11.3. The van der Waals surface area contributed by atoms with Crippen LogP contribution in [0.15, 0.2) is 60.7 Å². The molecule has 2 nitrogen and oxygen atoms in total. The van der Waals surface area contributed by atoms with Gasteiger partial charge in [-0.3, -0.25) is 4.79 Å². The van der Waals surface area contributed by atoms with Crippen molar-refractivity contribution in [1.82, 2.24) is 0 Å². The Labute approximate surface area is 124 Å². The Morgan fingerprint density at radius 1 is 0.778 bits per heavy atom. The molecule has 0 fully saturated rings. The molecule has 3 rings (SSSR count). The summed E-state index contributed by atoms with van der Waals surface area (Å²) in [6.45, 7) is -0.250. The van der Waals surface area contributed by atoms with Gasteiger partial charge in [-0.25, -0.2) is 0 Å². The second kappa shape index (κ2) is 6.99. The molecule has 0 unspecified atom stereocenters. The topological polar surface area (TPSA) is 37.3 Å². The maximum atomic E-state index is 8.36. The smallest absolute Gasteiger partial charge is 1.00 e. The van der Waals surface area contributed by atoms with Gasteiger partial charge in [0, 0.05) is 0 Å². The van der Waals surface area contributed by atoms with E-state index < -0.39 is 0 Å². The predicted molar refractivity (Wildman–Crippen MR) is 78.1 cm³/mol. The quantitative estimate of drug-likeness (QED) is 0.376. The molecule has 3 heteroatoms. The molecule has 0 radical (unpaired) electrons. The van der Waals surface area contributed by atoms with Gasteiger partial charge in [-0.05, 0) is 33.7 Å². The third-order valence-corrected chi connectivity index (χ3v) is 2.61. The Hall–Kier alpha value is -1.58. The molecule has 0 saturated heterocycles. The van der Waals surface area contributed by atoms with Crippen LogP contribution in [-0.4, -0.2) is 34.6 Å². The largest absolute Gasteiger partial charge is 2.00 e. The number of hydrogen-bond donors (Lipinski definition) is 1. The Morgan fingerprint density at radius 3 is 1.22 bits per heavy atom. The van der Waals surface area contributed by atoms with Crippen molar-refractivity contribution in [2.45, 2.75) is 0 Å². The van der Waals surface area contributed by atoms with Crippen LogP contribution in [0.4, 0.5) is 0 Å². The fraction of sp³-hybridized carbons (Fsp3) is 0. The van der Waals surface area contributed by atoms with E-state index in [1.807, 2.05) is 0 Å². The molecule has 0 bridgehead atoms. The van der Waals surface area contributed by atoms with E-state index in [-0.39, 0.29) is 32.4 Å². The van der Waals surface area contributed by atoms with Crippen LogP contribution in [0.25, 0.3) is 21.5 Å². The monoisotopic (exact) mass is 250 g/mol. The van der Waals surface area contributed by atoms with E-state index in [0.29, 0.717) is 0 Å². The maximum Gasteiger partial charge on any atom is 2.00 e. The summed E-state index contributed by atoms with van der Waals surface area (Å²) in [6, 6.07) is 21.4. The summed E-state index contributed by atoms with van der Waals surface area (Å²) < 4.78 is 0. The minimum Gasteiger partial charge on any atom is -1.00 e. The summed E-state index contributed by atoms with van der Waals surface area (Å²) in [6.07, 6.45) is 0. The van der Waals surface area contributed by atoms with Crippen molar-refractivity contribution in [2.75, 3.05) is 0 Å². The number of benzene rings is 3. The second-order valence-corrected chi connectivity index (χ2v) is 3.65. The van der Waals surface area contributed by atoms with Crippen molar-refractivity contribution in [1.29, 1.82) is 0 Å². The van der Waals surface area contributed by atoms with Crippen LogP contribution in [0.2, 0.25) is 0 Å². The van der Waals surface area contributed by atoms with Crippen molar-refractivity contribution in [2.24, 2.45) is 0 Å². The van der Waals surface area contributed by atoms with E-state index in [9.17, 15) is 0 Å². The summed E-state index contributed by atoms with van der Waals surface area (Å²) in [5, 5.41) is 12.1. The third kappa shape index (κ3) is 3.21. The molecule has 0 aliphatic rings. The minimum atomic E-state index is -0.250. The summed E-state index contributed by atoms with van der Waals surface area (Å²) in [5.74, 6) is 0. The standard InChI is InChI=1S/C14H10.CH2O2.Mg.2H/c1-2-6-12-10-14-8-4-3-7-13(14)9-11(12)5-1;2-1-3;;;/h1-10H;1H,(H,2,3);;;/q;;+2;2*-1. The number of rotatable bonds is 0. The van der Waals surface area contributed by atoms with Crippen molar-refractivity contribution < 1.29 is 12.8 Å². The van der Waals surface area contributed by atoms with E-state index in [2.05, 4.69) is 60.7 Å².